The molecule has 0 bridgehead atoms. The second-order valence-corrected chi connectivity index (χ2v) is 5.13. The fraction of sp³-hybridized carbons (Fsp3) is 1.00. The molecule has 96 valence electrons. The Morgan fingerprint density at radius 3 is 2.56 bits per heavy atom. The molecule has 0 aromatic rings. The van der Waals surface area contributed by atoms with E-state index in [-0.39, 0.29) is 0 Å². The molecular formula is C13H27NO2. The van der Waals surface area contributed by atoms with E-state index in [1.165, 1.54) is 12.8 Å². The average molecular weight is 229 g/mol. The van der Waals surface area contributed by atoms with Gasteiger partial charge < -0.3 is 14.8 Å². The van der Waals surface area contributed by atoms with Gasteiger partial charge in [-0.3, -0.25) is 0 Å². The third kappa shape index (κ3) is 4.04. The first-order valence-electron chi connectivity index (χ1n) is 6.46. The van der Waals surface area contributed by atoms with E-state index in [1.807, 2.05) is 7.05 Å². The number of nitrogens with one attached hydrogen (secondary N) is 1. The van der Waals surface area contributed by atoms with Crippen LogP contribution in [-0.2, 0) is 9.47 Å². The number of likely N-dealkylation sites (N-methyl/N-ethyl adjacent to an activating group) is 1. The molecule has 0 aromatic heterocycles. The number of hydrogen-bond donors (Lipinski definition) is 1. The summed E-state index contributed by atoms with van der Waals surface area (Å²) in [5, 5.41) is 3.40. The topological polar surface area (TPSA) is 30.5 Å². The minimum absolute atomic E-state index is 0.373. The minimum atomic E-state index is 0.373. The van der Waals surface area contributed by atoms with Gasteiger partial charge in [-0.15, -0.1) is 0 Å². The van der Waals surface area contributed by atoms with Gasteiger partial charge in [-0.1, -0.05) is 13.8 Å². The van der Waals surface area contributed by atoms with Crippen LogP contribution in [0.5, 0.6) is 0 Å². The predicted molar refractivity (Wildman–Crippen MR) is 66.6 cm³/mol. The molecule has 0 radical (unpaired) electrons. The number of methoxy groups -OCH3 is 1. The van der Waals surface area contributed by atoms with Crippen LogP contribution in [0.15, 0.2) is 0 Å². The summed E-state index contributed by atoms with van der Waals surface area (Å²) in [4.78, 5) is 0. The van der Waals surface area contributed by atoms with Crippen molar-refractivity contribution in [2.45, 2.75) is 45.3 Å². The van der Waals surface area contributed by atoms with E-state index in [2.05, 4.69) is 19.2 Å². The Hall–Kier alpha value is -0.120. The van der Waals surface area contributed by atoms with Gasteiger partial charge in [-0.25, -0.2) is 0 Å². The van der Waals surface area contributed by atoms with E-state index >= 15 is 0 Å². The Morgan fingerprint density at radius 1 is 1.19 bits per heavy atom. The van der Waals surface area contributed by atoms with Gasteiger partial charge in [0.1, 0.15) is 0 Å². The van der Waals surface area contributed by atoms with Gasteiger partial charge in [0.2, 0.25) is 0 Å². The fourth-order valence-electron chi connectivity index (χ4n) is 2.81. The maximum Gasteiger partial charge on any atom is 0.0753 e. The SMILES string of the molecule is CNC1CC(C)CC(C)C1OCCCOC. The Bertz CT molecular complexity index is 187. The van der Waals surface area contributed by atoms with Crippen molar-refractivity contribution in [1.82, 2.24) is 5.32 Å². The molecule has 3 heteroatoms. The zero-order chi connectivity index (χ0) is 12.0. The maximum atomic E-state index is 6.01. The number of ether oxygens (including phenoxy) is 2. The molecule has 0 aliphatic heterocycles. The summed E-state index contributed by atoms with van der Waals surface area (Å²) in [6.45, 7) is 6.25. The molecule has 1 rings (SSSR count). The van der Waals surface area contributed by atoms with E-state index in [0.717, 1.165) is 25.6 Å². The third-order valence-electron chi connectivity index (χ3n) is 3.56. The molecule has 3 nitrogen and oxygen atoms in total. The summed E-state index contributed by atoms with van der Waals surface area (Å²) in [6, 6.07) is 0.515. The molecule has 0 spiro atoms. The third-order valence-corrected chi connectivity index (χ3v) is 3.56. The van der Waals surface area contributed by atoms with E-state index in [9.17, 15) is 0 Å². The van der Waals surface area contributed by atoms with Crippen LogP contribution in [-0.4, -0.2) is 39.5 Å². The standard InChI is InChI=1S/C13H27NO2/c1-10-8-11(2)13(12(9-10)14-3)16-7-5-6-15-4/h10-14H,5-9H2,1-4H3. The highest BCUT2D eigenvalue weighted by atomic mass is 16.5. The highest BCUT2D eigenvalue weighted by molar-refractivity contribution is 4.87. The summed E-state index contributed by atoms with van der Waals surface area (Å²) >= 11 is 0. The average Bonchev–Trinajstić information content (AvgIpc) is 2.26. The lowest BCUT2D eigenvalue weighted by molar-refractivity contribution is -0.0409. The lowest BCUT2D eigenvalue weighted by Crippen LogP contribution is -2.48. The van der Waals surface area contributed by atoms with Crippen molar-refractivity contribution in [3.63, 3.8) is 0 Å². The van der Waals surface area contributed by atoms with Crippen molar-refractivity contribution in [1.29, 1.82) is 0 Å². The molecule has 0 heterocycles. The molecule has 1 N–H and O–H groups in total. The molecule has 1 aliphatic rings. The molecule has 4 unspecified atom stereocenters. The Kier molecular flexibility index (Phi) is 6.32. The highest BCUT2D eigenvalue weighted by Crippen LogP contribution is 2.30. The molecule has 0 aromatic carbocycles. The maximum absolute atomic E-state index is 6.01. The van der Waals surface area contributed by atoms with Gasteiger partial charge in [0.25, 0.3) is 0 Å². The van der Waals surface area contributed by atoms with Crippen molar-refractivity contribution in [2.24, 2.45) is 11.8 Å². The number of rotatable bonds is 6. The Morgan fingerprint density at radius 2 is 1.94 bits per heavy atom. The molecule has 0 saturated heterocycles. The van der Waals surface area contributed by atoms with Crippen molar-refractivity contribution < 1.29 is 9.47 Å². The summed E-state index contributed by atoms with van der Waals surface area (Å²) in [5.41, 5.74) is 0. The van der Waals surface area contributed by atoms with Gasteiger partial charge in [0.15, 0.2) is 0 Å². The second kappa shape index (κ2) is 7.25. The highest BCUT2D eigenvalue weighted by Gasteiger charge is 2.33. The smallest absolute Gasteiger partial charge is 0.0753 e. The monoisotopic (exact) mass is 229 g/mol. The van der Waals surface area contributed by atoms with Crippen LogP contribution in [0.3, 0.4) is 0 Å². The summed E-state index contributed by atoms with van der Waals surface area (Å²) in [6.07, 6.45) is 3.88. The molecule has 1 fully saturated rings. The molecular weight excluding hydrogens is 202 g/mol. The molecule has 16 heavy (non-hydrogen) atoms. The first-order chi connectivity index (χ1) is 7.69. The van der Waals surface area contributed by atoms with E-state index in [0.29, 0.717) is 18.1 Å². The van der Waals surface area contributed by atoms with E-state index in [4.69, 9.17) is 9.47 Å². The van der Waals surface area contributed by atoms with Gasteiger partial charge in [-0.2, -0.15) is 0 Å². The summed E-state index contributed by atoms with van der Waals surface area (Å²) in [7, 11) is 3.78. The van der Waals surface area contributed by atoms with Crippen LogP contribution < -0.4 is 5.32 Å². The van der Waals surface area contributed by atoms with E-state index < -0.39 is 0 Å². The van der Waals surface area contributed by atoms with Gasteiger partial charge in [0, 0.05) is 26.4 Å². The first kappa shape index (κ1) is 13.9. The zero-order valence-electron chi connectivity index (χ0n) is 11.2. The molecule has 1 aliphatic carbocycles. The largest absolute Gasteiger partial charge is 0.385 e. The van der Waals surface area contributed by atoms with Crippen molar-refractivity contribution in [2.75, 3.05) is 27.4 Å². The summed E-state index contributed by atoms with van der Waals surface area (Å²) in [5.74, 6) is 1.47. The molecule has 1 saturated carbocycles. The van der Waals surface area contributed by atoms with Crippen molar-refractivity contribution in [3.05, 3.63) is 0 Å². The van der Waals surface area contributed by atoms with Crippen LogP contribution in [0.2, 0.25) is 0 Å². The van der Waals surface area contributed by atoms with Crippen LogP contribution in [0, 0.1) is 11.8 Å². The van der Waals surface area contributed by atoms with Crippen molar-refractivity contribution in [3.8, 4) is 0 Å². The first-order valence-corrected chi connectivity index (χ1v) is 6.46. The fourth-order valence-corrected chi connectivity index (χ4v) is 2.81. The molecule has 0 amide bonds. The van der Waals surface area contributed by atoms with Crippen LogP contribution in [0.25, 0.3) is 0 Å². The zero-order valence-corrected chi connectivity index (χ0v) is 11.2. The van der Waals surface area contributed by atoms with E-state index in [1.54, 1.807) is 7.11 Å². The van der Waals surface area contributed by atoms with Crippen LogP contribution >= 0.6 is 0 Å². The summed E-state index contributed by atoms with van der Waals surface area (Å²) < 4.78 is 11.0. The van der Waals surface area contributed by atoms with Gasteiger partial charge in [-0.05, 0) is 38.1 Å². The van der Waals surface area contributed by atoms with Crippen LogP contribution in [0.4, 0.5) is 0 Å². The predicted octanol–water partition coefficient (Wildman–Crippen LogP) is 2.06. The minimum Gasteiger partial charge on any atom is -0.385 e. The normalized spacial score (nSPS) is 35.2. The van der Waals surface area contributed by atoms with Crippen molar-refractivity contribution >= 4 is 0 Å². The Balaban J connectivity index is 2.35. The van der Waals surface area contributed by atoms with Gasteiger partial charge in [0.05, 0.1) is 6.10 Å². The Labute approximate surface area is 99.9 Å². The lowest BCUT2D eigenvalue weighted by Gasteiger charge is -2.39. The second-order valence-electron chi connectivity index (χ2n) is 5.13. The quantitative estimate of drug-likeness (QED) is 0.707. The van der Waals surface area contributed by atoms with Gasteiger partial charge >= 0.3 is 0 Å². The van der Waals surface area contributed by atoms with Crippen LogP contribution in [0.1, 0.15) is 33.1 Å². The molecule has 4 atom stereocenters. The number of hydrogen-bond acceptors (Lipinski definition) is 3. The lowest BCUT2D eigenvalue weighted by atomic mass is 9.78.